The number of fused-ring (bicyclic) bond motifs is 1. The molecule has 0 radical (unpaired) electrons. The first kappa shape index (κ1) is 17.4. The third-order valence-electron chi connectivity index (χ3n) is 4.59. The highest BCUT2D eigenvalue weighted by Gasteiger charge is 2.13. The summed E-state index contributed by atoms with van der Waals surface area (Å²) < 4.78 is 7.35. The van der Waals surface area contributed by atoms with Crippen LogP contribution in [0.25, 0.3) is 22.2 Å². The highest BCUT2D eigenvalue weighted by Crippen LogP contribution is 2.31. The number of hydrogen-bond donors (Lipinski definition) is 1. The molecule has 0 saturated heterocycles. The second kappa shape index (κ2) is 6.96. The van der Waals surface area contributed by atoms with E-state index in [1.54, 1.807) is 30.8 Å². The van der Waals surface area contributed by atoms with Crippen LogP contribution in [0.4, 0.5) is 0 Å². The fraction of sp³-hybridized carbons (Fsp3) is 0.143. The lowest BCUT2D eigenvalue weighted by molar-refractivity contribution is 0.468. The van der Waals surface area contributed by atoms with E-state index < -0.39 is 5.63 Å². The fourth-order valence-corrected chi connectivity index (χ4v) is 4.02. The molecule has 0 unspecified atom stereocenters. The number of aromatic hydroxyl groups is 1. The van der Waals surface area contributed by atoms with E-state index in [0.717, 1.165) is 27.4 Å². The molecular formula is C21H18N2O3S. The summed E-state index contributed by atoms with van der Waals surface area (Å²) in [7, 11) is 1.98. The van der Waals surface area contributed by atoms with Crippen LogP contribution < -0.4 is 5.63 Å². The van der Waals surface area contributed by atoms with Crippen molar-refractivity contribution in [3.05, 3.63) is 76.3 Å². The molecule has 2 heterocycles. The highest BCUT2D eigenvalue weighted by molar-refractivity contribution is 7.98. The van der Waals surface area contributed by atoms with Crippen molar-refractivity contribution in [3.63, 3.8) is 0 Å². The highest BCUT2D eigenvalue weighted by atomic mass is 32.2. The fourth-order valence-electron chi connectivity index (χ4n) is 3.08. The van der Waals surface area contributed by atoms with Gasteiger partial charge in [0, 0.05) is 29.8 Å². The lowest BCUT2D eigenvalue weighted by Crippen LogP contribution is -2.01. The van der Waals surface area contributed by atoms with Gasteiger partial charge in [0.15, 0.2) is 5.16 Å². The van der Waals surface area contributed by atoms with Gasteiger partial charge in [-0.2, -0.15) is 0 Å². The van der Waals surface area contributed by atoms with Crippen molar-refractivity contribution < 1.29 is 9.52 Å². The number of imidazole rings is 1. The summed E-state index contributed by atoms with van der Waals surface area (Å²) in [6.45, 7) is 1.74. The van der Waals surface area contributed by atoms with Crippen LogP contribution in [0.15, 0.2) is 69.1 Å². The molecule has 2 aromatic carbocycles. The number of nitrogens with zero attached hydrogens (tertiary/aromatic N) is 2. The molecule has 27 heavy (non-hydrogen) atoms. The Morgan fingerprint density at radius 2 is 1.96 bits per heavy atom. The van der Waals surface area contributed by atoms with Crippen molar-refractivity contribution in [3.8, 4) is 17.0 Å². The van der Waals surface area contributed by atoms with E-state index in [4.69, 9.17) is 4.42 Å². The summed E-state index contributed by atoms with van der Waals surface area (Å²) in [5, 5.41) is 11.6. The smallest absolute Gasteiger partial charge is 0.336 e. The van der Waals surface area contributed by atoms with Gasteiger partial charge >= 0.3 is 5.63 Å². The zero-order valence-corrected chi connectivity index (χ0v) is 15.8. The molecule has 0 atom stereocenters. The number of hydrogen-bond acceptors (Lipinski definition) is 5. The standard InChI is InChI=1S/C21H18N2O3S/c1-13-18(24)9-8-16-15(10-19(25)26-20(13)16)12-27-21-22-11-17(23(21)2)14-6-4-3-5-7-14/h3-11,24H,12H2,1-2H3. The summed E-state index contributed by atoms with van der Waals surface area (Å²) in [6.07, 6.45) is 1.86. The number of phenols is 1. The van der Waals surface area contributed by atoms with E-state index in [-0.39, 0.29) is 5.75 Å². The van der Waals surface area contributed by atoms with Crippen molar-refractivity contribution in [1.29, 1.82) is 0 Å². The predicted octanol–water partition coefficient (Wildman–Crippen LogP) is 4.50. The first-order valence-corrected chi connectivity index (χ1v) is 9.48. The van der Waals surface area contributed by atoms with Gasteiger partial charge in [-0.1, -0.05) is 42.1 Å². The van der Waals surface area contributed by atoms with Crippen LogP contribution in [-0.2, 0) is 12.8 Å². The molecule has 0 spiro atoms. The molecule has 2 aromatic heterocycles. The topological polar surface area (TPSA) is 68.3 Å². The first-order chi connectivity index (χ1) is 13.0. The monoisotopic (exact) mass is 378 g/mol. The minimum absolute atomic E-state index is 0.118. The quantitative estimate of drug-likeness (QED) is 0.418. The molecule has 1 N–H and O–H groups in total. The second-order valence-corrected chi connectivity index (χ2v) is 7.26. The van der Waals surface area contributed by atoms with Crippen LogP contribution in [0.5, 0.6) is 5.75 Å². The van der Waals surface area contributed by atoms with Gasteiger partial charge in [0.25, 0.3) is 0 Å². The molecule has 0 bridgehead atoms. The Kier molecular flexibility index (Phi) is 4.49. The van der Waals surface area contributed by atoms with Crippen LogP contribution in [0.1, 0.15) is 11.1 Å². The lowest BCUT2D eigenvalue weighted by Gasteiger charge is -2.09. The number of rotatable bonds is 4. The third kappa shape index (κ3) is 3.24. The maximum absolute atomic E-state index is 12.0. The van der Waals surface area contributed by atoms with Crippen molar-refractivity contribution in [2.24, 2.45) is 7.05 Å². The van der Waals surface area contributed by atoms with E-state index in [1.165, 1.54) is 6.07 Å². The van der Waals surface area contributed by atoms with E-state index >= 15 is 0 Å². The largest absolute Gasteiger partial charge is 0.508 e. The first-order valence-electron chi connectivity index (χ1n) is 8.50. The van der Waals surface area contributed by atoms with Gasteiger partial charge in [-0.15, -0.1) is 0 Å². The Labute approximate surface area is 160 Å². The number of phenolic OH excluding ortho intramolecular Hbond substituents is 1. The van der Waals surface area contributed by atoms with E-state index in [2.05, 4.69) is 17.1 Å². The molecule has 0 saturated carbocycles. The Bertz CT molecular complexity index is 1180. The number of aryl methyl sites for hydroxylation is 1. The molecule has 136 valence electrons. The molecule has 6 heteroatoms. The van der Waals surface area contributed by atoms with Gasteiger partial charge in [-0.3, -0.25) is 0 Å². The Balaban J connectivity index is 1.66. The van der Waals surface area contributed by atoms with E-state index in [9.17, 15) is 9.90 Å². The van der Waals surface area contributed by atoms with E-state index in [0.29, 0.717) is 16.9 Å². The number of aromatic nitrogens is 2. The zero-order chi connectivity index (χ0) is 19.0. The average molecular weight is 378 g/mol. The normalized spacial score (nSPS) is 11.2. The van der Waals surface area contributed by atoms with Crippen LogP contribution in [0.2, 0.25) is 0 Å². The van der Waals surface area contributed by atoms with Gasteiger partial charge < -0.3 is 14.1 Å². The van der Waals surface area contributed by atoms with Crippen molar-refractivity contribution >= 4 is 22.7 Å². The van der Waals surface area contributed by atoms with Crippen LogP contribution in [0, 0.1) is 6.92 Å². The van der Waals surface area contributed by atoms with Gasteiger partial charge in [0.1, 0.15) is 11.3 Å². The molecule has 4 aromatic rings. The molecule has 5 nitrogen and oxygen atoms in total. The Morgan fingerprint density at radius 1 is 1.19 bits per heavy atom. The van der Waals surface area contributed by atoms with E-state index in [1.807, 2.05) is 36.0 Å². The molecule has 0 aliphatic rings. The summed E-state index contributed by atoms with van der Waals surface area (Å²) in [5.41, 5.74) is 3.59. The predicted molar refractivity (Wildman–Crippen MR) is 107 cm³/mol. The number of benzene rings is 2. The number of thioether (sulfide) groups is 1. The second-order valence-electron chi connectivity index (χ2n) is 6.32. The molecule has 0 amide bonds. The maximum Gasteiger partial charge on any atom is 0.336 e. The maximum atomic E-state index is 12.0. The minimum atomic E-state index is -0.420. The summed E-state index contributed by atoms with van der Waals surface area (Å²) in [6, 6.07) is 15.0. The SMILES string of the molecule is Cc1c(O)ccc2c(CSc3ncc(-c4ccccc4)n3C)cc(=O)oc12. The lowest BCUT2D eigenvalue weighted by atomic mass is 10.1. The molecule has 0 aliphatic heterocycles. The van der Waals surface area contributed by atoms with Gasteiger partial charge in [-0.05, 0) is 30.2 Å². The minimum Gasteiger partial charge on any atom is -0.508 e. The summed E-state index contributed by atoms with van der Waals surface area (Å²) in [4.78, 5) is 16.5. The molecule has 0 fully saturated rings. The van der Waals surface area contributed by atoms with Crippen molar-refractivity contribution in [2.45, 2.75) is 17.8 Å². The van der Waals surface area contributed by atoms with Crippen LogP contribution in [-0.4, -0.2) is 14.7 Å². The summed E-state index contributed by atoms with van der Waals surface area (Å²) in [5.74, 6) is 0.692. The van der Waals surface area contributed by atoms with Crippen molar-refractivity contribution in [1.82, 2.24) is 9.55 Å². The molecular weight excluding hydrogens is 360 g/mol. The average Bonchev–Trinajstić information content (AvgIpc) is 3.04. The van der Waals surface area contributed by atoms with Gasteiger partial charge in [-0.25, -0.2) is 9.78 Å². The molecule has 4 rings (SSSR count). The Hall–Kier alpha value is -2.99. The van der Waals surface area contributed by atoms with Crippen LogP contribution in [0.3, 0.4) is 0 Å². The third-order valence-corrected chi connectivity index (χ3v) is 5.68. The van der Waals surface area contributed by atoms with Gasteiger partial charge in [0.05, 0.1) is 11.9 Å². The summed E-state index contributed by atoms with van der Waals surface area (Å²) >= 11 is 1.56. The van der Waals surface area contributed by atoms with Crippen LogP contribution >= 0.6 is 11.8 Å². The zero-order valence-electron chi connectivity index (χ0n) is 15.0. The molecule has 0 aliphatic carbocycles. The van der Waals surface area contributed by atoms with Crippen molar-refractivity contribution in [2.75, 3.05) is 0 Å². The Morgan fingerprint density at radius 3 is 2.74 bits per heavy atom. The van der Waals surface area contributed by atoms with Gasteiger partial charge in [0.2, 0.25) is 0 Å².